The van der Waals surface area contributed by atoms with E-state index in [0.717, 1.165) is 61.3 Å². The summed E-state index contributed by atoms with van der Waals surface area (Å²) in [5.41, 5.74) is 13.1. The van der Waals surface area contributed by atoms with Crippen LogP contribution in [-0.4, -0.2) is 3.21 Å². The monoisotopic (exact) mass is 996 g/mol. The van der Waals surface area contributed by atoms with E-state index in [-0.39, 0.29) is 46.5 Å². The average molecular weight is 999 g/mol. The molecule has 0 aliphatic heterocycles. The standard InChI is InChI=1S/C29H37.C15H8F6.C11H17.2ClH.Zr/c1-18-25-22-17-19-13-9-10-14-20(19)24(22)21-15-11-12-16-23(21)29(25,8)28(6,7)27(4,5)26(18,2)3;16-14(17,18)12-5-1-10(2-6-12)9-11-3-7-13(8-4-11)15(19,20)21;1-5-9-6-7-10(8-9)11(2,3)4;;;/h9-11,13-15,23H,12,16-17H2,1-8H3;1-8H;6-8H,5H2,1-4H3;2*1H;/q-1;;-1;;;+2/p-2. The number of halogens is 8. The van der Waals surface area contributed by atoms with Gasteiger partial charge in [-0.15, -0.1) is 6.92 Å². The minimum absolute atomic E-state index is 0. The van der Waals surface area contributed by atoms with Gasteiger partial charge in [0.05, 0.1) is 0 Å². The normalized spacial score (nSPS) is 21.4. The number of allylic oxidation sites excluding steroid dienone is 6. The van der Waals surface area contributed by atoms with Gasteiger partial charge in [0.1, 0.15) is 0 Å². The first-order chi connectivity index (χ1) is 28.6. The van der Waals surface area contributed by atoms with Gasteiger partial charge >= 0.3 is 137 Å². The van der Waals surface area contributed by atoms with Crippen LogP contribution in [0.1, 0.15) is 140 Å². The maximum atomic E-state index is 12.5. The number of benzene rings is 3. The Bertz CT molecular complexity index is 2340. The van der Waals surface area contributed by atoms with Crippen LogP contribution >= 0.6 is 0 Å². The van der Waals surface area contributed by atoms with Gasteiger partial charge in [-0.05, 0) is 40.6 Å². The summed E-state index contributed by atoms with van der Waals surface area (Å²) in [5, 5.41) is 0. The fourth-order valence-corrected chi connectivity index (χ4v) is 11.4. The molecule has 1 saturated carbocycles. The molecule has 9 heteroatoms. The average Bonchev–Trinajstić information content (AvgIpc) is 3.86. The first-order valence-corrected chi connectivity index (χ1v) is 23.1. The molecule has 2 unspecified atom stereocenters. The van der Waals surface area contributed by atoms with Gasteiger partial charge in [0.15, 0.2) is 0 Å². The van der Waals surface area contributed by atoms with Gasteiger partial charge in [0.25, 0.3) is 0 Å². The number of hydrogen-bond acceptors (Lipinski definition) is 0. The molecular weight excluding hydrogens is 937 g/mol. The first-order valence-electron chi connectivity index (χ1n) is 21.9. The van der Waals surface area contributed by atoms with Gasteiger partial charge in [-0.2, -0.15) is 34.4 Å². The van der Waals surface area contributed by atoms with E-state index in [2.05, 4.69) is 138 Å². The molecule has 0 N–H and O–H groups in total. The quantitative estimate of drug-likeness (QED) is 0.142. The molecule has 2 atom stereocenters. The largest absolute Gasteiger partial charge is 1.00 e. The molecule has 344 valence electrons. The van der Waals surface area contributed by atoms with Gasteiger partial charge in [0, 0.05) is 0 Å². The molecule has 0 amide bonds. The summed E-state index contributed by atoms with van der Waals surface area (Å²) in [6.45, 7) is 29.2. The zero-order valence-electron chi connectivity index (χ0n) is 39.2. The third-order valence-electron chi connectivity index (χ3n) is 15.9. The number of hydrogen-bond donors (Lipinski definition) is 0. The van der Waals surface area contributed by atoms with E-state index in [1.54, 1.807) is 28.2 Å². The van der Waals surface area contributed by atoms with E-state index >= 15 is 0 Å². The molecule has 4 aromatic carbocycles. The van der Waals surface area contributed by atoms with Crippen LogP contribution in [0.2, 0.25) is 0 Å². The molecular formula is C55H62Cl2F6Zr-2. The Morgan fingerprint density at radius 3 is 1.72 bits per heavy atom. The zero-order valence-corrected chi connectivity index (χ0v) is 43.2. The van der Waals surface area contributed by atoms with Crippen molar-refractivity contribution in [1.29, 1.82) is 0 Å². The SMILES string of the molecule is CCc1cc(C(C)(C)C)c[cH-]1.C[C-]1C2=C3Cc4ccccc4C3=C3C=CCCC3C2(C)C(C)(C)C(C)(C)C1(C)C.FC(F)(F)c1ccc([C](=[Zr+2])c2ccc(C(F)(F)F)cc2)cc1.[Cl-].[Cl-]. The molecule has 4 aliphatic carbocycles. The summed E-state index contributed by atoms with van der Waals surface area (Å²) in [5.74, 6) is 2.24. The van der Waals surface area contributed by atoms with E-state index in [1.807, 2.05) is 0 Å². The smallest absolute Gasteiger partial charge is 1.00 e. The van der Waals surface area contributed by atoms with Gasteiger partial charge in [-0.25, -0.2) is 12.0 Å². The second-order valence-electron chi connectivity index (χ2n) is 20.4. The molecule has 0 nitrogen and oxygen atoms in total. The molecule has 0 aromatic heterocycles. The summed E-state index contributed by atoms with van der Waals surface area (Å²) in [7, 11) is 0. The Hall–Kier alpha value is -2.99. The Morgan fingerprint density at radius 1 is 0.750 bits per heavy atom. The van der Waals surface area contributed by atoms with E-state index in [9.17, 15) is 26.3 Å². The predicted octanol–water partition coefficient (Wildman–Crippen LogP) is 10.1. The van der Waals surface area contributed by atoms with Gasteiger partial charge in [0.2, 0.25) is 0 Å². The van der Waals surface area contributed by atoms with Crippen molar-refractivity contribution < 1.29 is 75.4 Å². The molecule has 1 fully saturated rings. The molecule has 0 radical (unpaired) electrons. The van der Waals surface area contributed by atoms with Crippen molar-refractivity contribution in [2.75, 3.05) is 0 Å². The molecule has 0 bridgehead atoms. The fourth-order valence-electron chi connectivity index (χ4n) is 10.6. The summed E-state index contributed by atoms with van der Waals surface area (Å²) < 4.78 is 75.6. The van der Waals surface area contributed by atoms with Crippen molar-refractivity contribution in [3.63, 3.8) is 0 Å². The third kappa shape index (κ3) is 9.44. The van der Waals surface area contributed by atoms with Crippen molar-refractivity contribution in [2.24, 2.45) is 27.6 Å². The molecule has 0 spiro atoms. The summed E-state index contributed by atoms with van der Waals surface area (Å²) in [6.07, 6.45) is 0.833. The zero-order chi connectivity index (χ0) is 46.0. The van der Waals surface area contributed by atoms with Gasteiger partial charge in [-0.1, -0.05) is 153 Å². The van der Waals surface area contributed by atoms with Crippen LogP contribution in [0.3, 0.4) is 0 Å². The molecule has 4 aromatic rings. The van der Waals surface area contributed by atoms with Crippen molar-refractivity contribution in [3.05, 3.63) is 170 Å². The van der Waals surface area contributed by atoms with Crippen molar-refractivity contribution in [1.82, 2.24) is 0 Å². The van der Waals surface area contributed by atoms with E-state index < -0.39 is 23.5 Å². The molecule has 8 rings (SSSR count). The topological polar surface area (TPSA) is 0 Å². The molecule has 64 heavy (non-hydrogen) atoms. The maximum absolute atomic E-state index is 12.5. The fraction of sp³-hybridized carbons (Fsp3) is 0.436. The Labute approximate surface area is 406 Å². The second kappa shape index (κ2) is 19.0. The van der Waals surface area contributed by atoms with Crippen molar-refractivity contribution in [3.8, 4) is 0 Å². The van der Waals surface area contributed by atoms with Crippen LogP contribution in [0.4, 0.5) is 26.3 Å². The van der Waals surface area contributed by atoms with Crippen LogP contribution in [0.5, 0.6) is 0 Å². The number of fused-ring (bicyclic) bond motifs is 6. The Morgan fingerprint density at radius 2 is 1.27 bits per heavy atom. The van der Waals surface area contributed by atoms with E-state index in [0.29, 0.717) is 25.7 Å². The molecule has 0 heterocycles. The van der Waals surface area contributed by atoms with Crippen LogP contribution in [0.15, 0.2) is 120 Å². The summed E-state index contributed by atoms with van der Waals surface area (Å²) >= 11 is 0.898. The number of rotatable bonds is 3. The molecule has 4 aliphatic rings. The Balaban J connectivity index is 0.000000228. The van der Waals surface area contributed by atoms with Crippen molar-refractivity contribution in [2.45, 2.75) is 127 Å². The van der Waals surface area contributed by atoms with E-state index in [1.165, 1.54) is 59.4 Å². The minimum atomic E-state index is -4.41. The van der Waals surface area contributed by atoms with Gasteiger partial charge < -0.3 is 24.8 Å². The van der Waals surface area contributed by atoms with Crippen LogP contribution in [0.25, 0.3) is 5.57 Å². The maximum Gasteiger partial charge on any atom is -1.00 e. The Kier molecular flexibility index (Phi) is 15.9. The third-order valence-corrected chi connectivity index (χ3v) is 17.3. The second-order valence-corrected chi connectivity index (χ2v) is 21.6. The van der Waals surface area contributed by atoms with E-state index in [4.69, 9.17) is 0 Å². The van der Waals surface area contributed by atoms with Crippen LogP contribution in [-0.2, 0) is 54.8 Å². The summed E-state index contributed by atoms with van der Waals surface area (Å²) in [4.78, 5) is 0. The predicted molar refractivity (Wildman–Crippen MR) is 241 cm³/mol. The van der Waals surface area contributed by atoms with Crippen LogP contribution < -0.4 is 24.8 Å². The molecule has 0 saturated heterocycles. The number of aryl methyl sites for hydroxylation is 1. The van der Waals surface area contributed by atoms with Crippen LogP contribution in [0, 0.1) is 33.5 Å². The minimum Gasteiger partial charge on any atom is -1.00 e. The first kappa shape index (κ1) is 53.6. The van der Waals surface area contributed by atoms with Gasteiger partial charge in [-0.3, -0.25) is 0 Å². The van der Waals surface area contributed by atoms with Crippen molar-refractivity contribution >= 4 is 8.78 Å². The summed E-state index contributed by atoms with van der Waals surface area (Å²) in [6, 6.07) is 25.1. The number of alkyl halides is 6.